The maximum absolute atomic E-state index is 13.1. The molecule has 7 nitrogen and oxygen atoms in total. The number of benzene rings is 2. The Bertz CT molecular complexity index is 1370. The topological polar surface area (TPSA) is 81.6 Å². The summed E-state index contributed by atoms with van der Waals surface area (Å²) in [5.74, 6) is -0.0926. The second-order valence-electron chi connectivity index (χ2n) is 8.74. The third-order valence-electron chi connectivity index (χ3n) is 6.23. The molecule has 3 heterocycles. The molecule has 0 atom stereocenters. The van der Waals surface area contributed by atoms with Crippen molar-refractivity contribution in [2.75, 3.05) is 31.1 Å². The molecule has 9 heteroatoms. The van der Waals surface area contributed by atoms with Crippen molar-refractivity contribution in [3.8, 4) is 5.75 Å². The van der Waals surface area contributed by atoms with E-state index in [4.69, 9.17) is 23.2 Å². The van der Waals surface area contributed by atoms with Crippen LogP contribution in [0.3, 0.4) is 0 Å². The molecule has 0 saturated carbocycles. The maximum atomic E-state index is 13.1. The molecule has 0 bridgehead atoms. The Morgan fingerprint density at radius 3 is 2.39 bits per heavy atom. The average molecular weight is 522 g/mol. The van der Waals surface area contributed by atoms with Gasteiger partial charge in [-0.1, -0.05) is 53.5 Å². The van der Waals surface area contributed by atoms with Crippen LogP contribution >= 0.6 is 23.2 Å². The molecule has 184 valence electrons. The maximum Gasteiger partial charge on any atom is 0.274 e. The fourth-order valence-corrected chi connectivity index (χ4v) is 5.01. The molecule has 0 radical (unpaired) electrons. The highest BCUT2D eigenvalue weighted by Gasteiger charge is 2.25. The lowest BCUT2D eigenvalue weighted by Crippen LogP contribution is -2.46. The zero-order valence-corrected chi connectivity index (χ0v) is 21.0. The molecule has 1 amide bonds. The van der Waals surface area contributed by atoms with Gasteiger partial charge in [-0.2, -0.15) is 0 Å². The van der Waals surface area contributed by atoms with Crippen molar-refractivity contribution in [2.24, 2.45) is 0 Å². The monoisotopic (exact) mass is 521 g/mol. The number of pyridine rings is 2. The van der Waals surface area contributed by atoms with Crippen molar-refractivity contribution >= 4 is 45.8 Å². The number of carbonyl (C=O) groups is 1. The van der Waals surface area contributed by atoms with E-state index in [-0.39, 0.29) is 18.0 Å². The third-order valence-corrected chi connectivity index (χ3v) is 6.66. The SMILES string of the molecule is O=C(NCc1cc(Cl)cc(Cl)c1)c1nc(N2CCN(Cc3ccccc3)CC2)c2cccnc2c1O. The van der Waals surface area contributed by atoms with Gasteiger partial charge in [0, 0.05) is 60.9 Å². The molecule has 1 saturated heterocycles. The normalized spacial score (nSPS) is 14.2. The summed E-state index contributed by atoms with van der Waals surface area (Å²) >= 11 is 12.1. The standard InChI is InChI=1S/C27H25Cl2N5O2/c28-20-13-19(14-21(29)15-20)16-31-27(36)24-25(35)23-22(7-4-8-30-23)26(32-24)34-11-9-33(10-12-34)17-18-5-2-1-3-6-18/h1-8,13-15,35H,9-12,16-17H2,(H,31,36). The first kappa shape index (κ1) is 24.3. The van der Waals surface area contributed by atoms with Gasteiger partial charge in [0.15, 0.2) is 11.4 Å². The second-order valence-corrected chi connectivity index (χ2v) is 9.61. The first-order valence-corrected chi connectivity index (χ1v) is 12.5. The summed E-state index contributed by atoms with van der Waals surface area (Å²) in [4.78, 5) is 26.6. The summed E-state index contributed by atoms with van der Waals surface area (Å²) in [6.45, 7) is 4.29. The molecule has 1 aliphatic rings. The van der Waals surface area contributed by atoms with Crippen molar-refractivity contribution < 1.29 is 9.90 Å². The number of nitrogens with one attached hydrogen (secondary N) is 1. The lowest BCUT2D eigenvalue weighted by Gasteiger charge is -2.36. The van der Waals surface area contributed by atoms with E-state index in [2.05, 4.69) is 49.4 Å². The van der Waals surface area contributed by atoms with Crippen molar-refractivity contribution in [1.82, 2.24) is 20.2 Å². The fourth-order valence-electron chi connectivity index (χ4n) is 4.44. The van der Waals surface area contributed by atoms with Crippen LogP contribution in [0.2, 0.25) is 10.0 Å². The molecule has 2 aromatic carbocycles. The number of piperazine rings is 1. The van der Waals surface area contributed by atoms with E-state index in [1.54, 1.807) is 30.5 Å². The summed E-state index contributed by atoms with van der Waals surface area (Å²) in [6.07, 6.45) is 1.60. The number of fused-ring (bicyclic) bond motifs is 1. The number of anilines is 1. The molecule has 5 rings (SSSR count). The molecule has 1 fully saturated rings. The fraction of sp³-hybridized carbons (Fsp3) is 0.222. The van der Waals surface area contributed by atoms with Crippen LogP contribution in [0.25, 0.3) is 10.9 Å². The van der Waals surface area contributed by atoms with E-state index in [0.717, 1.165) is 38.3 Å². The van der Waals surface area contributed by atoms with E-state index in [9.17, 15) is 9.90 Å². The Morgan fingerprint density at radius 1 is 0.944 bits per heavy atom. The van der Waals surface area contributed by atoms with Crippen LogP contribution in [0.1, 0.15) is 21.6 Å². The molecule has 2 aromatic heterocycles. The number of halogens is 2. The lowest BCUT2D eigenvalue weighted by atomic mass is 10.1. The molecular formula is C27H25Cl2N5O2. The van der Waals surface area contributed by atoms with Crippen LogP contribution in [-0.4, -0.2) is 52.1 Å². The van der Waals surface area contributed by atoms with Crippen molar-refractivity contribution in [3.63, 3.8) is 0 Å². The number of rotatable bonds is 6. The summed E-state index contributed by atoms with van der Waals surface area (Å²) in [6, 6.07) is 19.2. The smallest absolute Gasteiger partial charge is 0.274 e. The van der Waals surface area contributed by atoms with Gasteiger partial charge in [0.1, 0.15) is 11.3 Å². The predicted octanol–water partition coefficient (Wildman–Crippen LogP) is 4.89. The van der Waals surface area contributed by atoms with Gasteiger partial charge in [-0.3, -0.25) is 14.7 Å². The summed E-state index contributed by atoms with van der Waals surface area (Å²) < 4.78 is 0. The third kappa shape index (κ3) is 5.38. The molecule has 4 aromatic rings. The zero-order valence-electron chi connectivity index (χ0n) is 19.5. The van der Waals surface area contributed by atoms with Gasteiger partial charge in [-0.05, 0) is 41.5 Å². The molecule has 0 spiro atoms. The zero-order chi connectivity index (χ0) is 25.1. The van der Waals surface area contributed by atoms with Crippen LogP contribution < -0.4 is 10.2 Å². The minimum absolute atomic E-state index is 0.0592. The van der Waals surface area contributed by atoms with Gasteiger partial charge < -0.3 is 15.3 Å². The van der Waals surface area contributed by atoms with Crippen molar-refractivity contribution in [1.29, 1.82) is 0 Å². The summed E-state index contributed by atoms with van der Waals surface area (Å²) in [5.41, 5.74) is 2.32. The Balaban J connectivity index is 1.36. The highest BCUT2D eigenvalue weighted by Crippen LogP contribution is 2.33. The Morgan fingerprint density at radius 2 is 1.67 bits per heavy atom. The average Bonchev–Trinajstić information content (AvgIpc) is 2.88. The number of nitrogens with zero attached hydrogens (tertiary/aromatic N) is 4. The van der Waals surface area contributed by atoms with E-state index in [0.29, 0.717) is 26.8 Å². The number of amides is 1. The van der Waals surface area contributed by atoms with Crippen molar-refractivity contribution in [2.45, 2.75) is 13.1 Å². The molecule has 0 unspecified atom stereocenters. The van der Waals surface area contributed by atoms with Crippen LogP contribution in [0.15, 0.2) is 66.9 Å². The minimum Gasteiger partial charge on any atom is -0.504 e. The number of carbonyl (C=O) groups excluding carboxylic acids is 1. The molecule has 36 heavy (non-hydrogen) atoms. The van der Waals surface area contributed by atoms with Crippen LogP contribution in [0, 0.1) is 0 Å². The quantitative estimate of drug-likeness (QED) is 0.375. The molecule has 0 aliphatic carbocycles. The number of hydrogen-bond donors (Lipinski definition) is 2. The van der Waals surface area contributed by atoms with Gasteiger partial charge in [-0.15, -0.1) is 0 Å². The number of aromatic nitrogens is 2. The molecule has 1 aliphatic heterocycles. The molecule has 2 N–H and O–H groups in total. The van der Waals surface area contributed by atoms with E-state index in [1.807, 2.05) is 12.1 Å². The first-order valence-electron chi connectivity index (χ1n) is 11.7. The number of hydrogen-bond acceptors (Lipinski definition) is 6. The second kappa shape index (κ2) is 10.7. The largest absolute Gasteiger partial charge is 0.504 e. The van der Waals surface area contributed by atoms with Crippen LogP contribution in [-0.2, 0) is 13.1 Å². The lowest BCUT2D eigenvalue weighted by molar-refractivity contribution is 0.0943. The Kier molecular flexibility index (Phi) is 7.23. The predicted molar refractivity (Wildman–Crippen MR) is 143 cm³/mol. The van der Waals surface area contributed by atoms with E-state index in [1.165, 1.54) is 5.56 Å². The Hall–Kier alpha value is -3.39. The highest BCUT2D eigenvalue weighted by molar-refractivity contribution is 6.34. The molecular weight excluding hydrogens is 497 g/mol. The van der Waals surface area contributed by atoms with E-state index >= 15 is 0 Å². The minimum atomic E-state index is -0.500. The van der Waals surface area contributed by atoms with Gasteiger partial charge >= 0.3 is 0 Å². The number of aromatic hydroxyl groups is 1. The summed E-state index contributed by atoms with van der Waals surface area (Å²) in [7, 11) is 0. The summed E-state index contributed by atoms with van der Waals surface area (Å²) in [5, 5.41) is 15.4. The van der Waals surface area contributed by atoms with Gasteiger partial charge in [0.05, 0.1) is 0 Å². The van der Waals surface area contributed by atoms with Crippen LogP contribution in [0.5, 0.6) is 5.75 Å². The Labute approximate surface area is 219 Å². The van der Waals surface area contributed by atoms with E-state index < -0.39 is 5.91 Å². The van der Waals surface area contributed by atoms with Gasteiger partial charge in [0.2, 0.25) is 0 Å². The highest BCUT2D eigenvalue weighted by atomic mass is 35.5. The first-order chi connectivity index (χ1) is 17.5. The van der Waals surface area contributed by atoms with Gasteiger partial charge in [0.25, 0.3) is 5.91 Å². The van der Waals surface area contributed by atoms with Gasteiger partial charge in [-0.25, -0.2) is 4.98 Å². The van der Waals surface area contributed by atoms with Crippen molar-refractivity contribution in [3.05, 3.63) is 93.7 Å². The van der Waals surface area contributed by atoms with Crippen LogP contribution in [0.4, 0.5) is 5.82 Å².